The van der Waals surface area contributed by atoms with E-state index in [4.69, 9.17) is 24.9 Å². The van der Waals surface area contributed by atoms with Crippen LogP contribution in [0, 0.1) is 6.92 Å². The zero-order chi connectivity index (χ0) is 23.5. The molecular weight excluding hydrogens is 412 g/mol. The summed E-state index contributed by atoms with van der Waals surface area (Å²) in [4.78, 5) is 36.1. The van der Waals surface area contributed by atoms with Crippen LogP contribution >= 0.6 is 0 Å². The zero-order valence-corrected chi connectivity index (χ0v) is 17.8. The van der Waals surface area contributed by atoms with Crippen LogP contribution in [-0.2, 0) is 14.4 Å². The Morgan fingerprint density at radius 1 is 0.969 bits per heavy atom. The van der Waals surface area contributed by atoms with Crippen molar-refractivity contribution in [3.63, 3.8) is 0 Å². The van der Waals surface area contributed by atoms with Crippen LogP contribution in [0.5, 0.6) is 0 Å². The minimum absolute atomic E-state index is 0.643. The van der Waals surface area contributed by atoms with Gasteiger partial charge in [-0.2, -0.15) is 0 Å². The second-order valence-electron chi connectivity index (χ2n) is 7.22. The van der Waals surface area contributed by atoms with Crippen LogP contribution in [0.4, 0.5) is 0 Å². The van der Waals surface area contributed by atoms with Gasteiger partial charge in [0.1, 0.15) is 0 Å². The summed E-state index contributed by atoms with van der Waals surface area (Å²) in [5.41, 5.74) is 4.94. The van der Waals surface area contributed by atoms with Crippen molar-refractivity contribution in [2.75, 3.05) is 19.6 Å². The zero-order valence-electron chi connectivity index (χ0n) is 17.8. The largest absolute Gasteiger partial charge is 0.478 e. The van der Waals surface area contributed by atoms with E-state index in [0.29, 0.717) is 5.69 Å². The molecule has 168 valence electrons. The third-order valence-electron chi connectivity index (χ3n) is 4.74. The van der Waals surface area contributed by atoms with Gasteiger partial charge in [0.25, 0.3) is 0 Å². The molecule has 32 heavy (non-hydrogen) atoms. The van der Waals surface area contributed by atoms with E-state index in [0.717, 1.165) is 42.5 Å². The lowest BCUT2D eigenvalue weighted by molar-refractivity contribution is -0.159. The number of aryl methyl sites for hydroxylation is 1. The summed E-state index contributed by atoms with van der Waals surface area (Å²) < 4.78 is 0. The van der Waals surface area contributed by atoms with Gasteiger partial charge in [-0.25, -0.2) is 19.4 Å². The fraction of sp³-hybridized carbons (Fsp3) is 0.250. The second kappa shape index (κ2) is 12.2. The number of nitrogens with zero attached hydrogens (tertiary/aromatic N) is 2. The fourth-order valence-corrected chi connectivity index (χ4v) is 3.14. The van der Waals surface area contributed by atoms with Gasteiger partial charge in [0.15, 0.2) is 0 Å². The Morgan fingerprint density at radius 3 is 2.16 bits per heavy atom. The van der Waals surface area contributed by atoms with Gasteiger partial charge in [0, 0.05) is 18.2 Å². The van der Waals surface area contributed by atoms with Gasteiger partial charge in [-0.15, -0.1) is 0 Å². The predicted octanol–water partition coefficient (Wildman–Crippen LogP) is 3.17. The number of likely N-dealkylation sites (tertiary alicyclic amines) is 1. The summed E-state index contributed by atoms with van der Waals surface area (Å²) in [6.45, 7) is 5.27. The van der Waals surface area contributed by atoms with E-state index in [2.05, 4.69) is 47.1 Å². The van der Waals surface area contributed by atoms with Gasteiger partial charge < -0.3 is 15.3 Å². The highest BCUT2D eigenvalue weighted by Gasteiger charge is 2.12. The predicted molar refractivity (Wildman–Crippen MR) is 120 cm³/mol. The van der Waals surface area contributed by atoms with Crippen molar-refractivity contribution in [2.24, 2.45) is 0 Å². The van der Waals surface area contributed by atoms with Gasteiger partial charge in [-0.1, -0.05) is 42.0 Å². The molecule has 0 bridgehead atoms. The van der Waals surface area contributed by atoms with Crippen LogP contribution in [-0.4, -0.2) is 62.7 Å². The third kappa shape index (κ3) is 8.16. The monoisotopic (exact) mass is 438 g/mol. The lowest BCUT2D eigenvalue weighted by Gasteiger charge is -2.14. The van der Waals surface area contributed by atoms with Crippen molar-refractivity contribution in [2.45, 2.75) is 19.8 Å². The van der Waals surface area contributed by atoms with Crippen molar-refractivity contribution in [1.29, 1.82) is 0 Å². The molecule has 3 rings (SSSR count). The maximum Gasteiger partial charge on any atom is 0.414 e. The Labute approximate surface area is 186 Å². The summed E-state index contributed by atoms with van der Waals surface area (Å²) in [7, 11) is 0. The lowest BCUT2D eigenvalue weighted by atomic mass is 10.00. The molecule has 0 unspecified atom stereocenters. The molecule has 0 amide bonds. The topological polar surface area (TPSA) is 128 Å². The second-order valence-corrected chi connectivity index (χ2v) is 7.22. The Kier molecular flexibility index (Phi) is 9.31. The average molecular weight is 438 g/mol. The first-order chi connectivity index (χ1) is 15.3. The quantitative estimate of drug-likeness (QED) is 0.463. The summed E-state index contributed by atoms with van der Waals surface area (Å²) in [5.74, 6) is -4.62. The number of rotatable bonds is 6. The molecule has 0 aliphatic carbocycles. The van der Waals surface area contributed by atoms with Gasteiger partial charge in [0.05, 0.1) is 11.4 Å². The van der Waals surface area contributed by atoms with E-state index in [9.17, 15) is 4.79 Å². The molecule has 8 heteroatoms. The first-order valence-corrected chi connectivity index (χ1v) is 10.1. The molecule has 0 atom stereocenters. The van der Waals surface area contributed by atoms with E-state index in [1.54, 1.807) is 0 Å². The minimum Gasteiger partial charge on any atom is -0.478 e. The molecule has 1 aliphatic heterocycles. The van der Waals surface area contributed by atoms with E-state index in [1.807, 2.05) is 18.2 Å². The van der Waals surface area contributed by atoms with Gasteiger partial charge in [-0.3, -0.25) is 4.90 Å². The van der Waals surface area contributed by atoms with Crippen molar-refractivity contribution < 1.29 is 29.7 Å². The first-order valence-electron chi connectivity index (χ1n) is 10.1. The number of carboxylic acid groups (broad SMARTS) is 3. The Balaban J connectivity index is 0.000000534. The van der Waals surface area contributed by atoms with Gasteiger partial charge >= 0.3 is 17.9 Å². The Bertz CT molecular complexity index is 993. The number of aromatic nitrogens is 1. The minimum atomic E-state index is -1.82. The number of carbonyl (C=O) groups is 3. The summed E-state index contributed by atoms with van der Waals surface area (Å²) in [6.07, 6.45) is 7.41. The van der Waals surface area contributed by atoms with Crippen LogP contribution in [0.1, 0.15) is 35.4 Å². The number of carboxylic acids is 3. The molecule has 1 saturated heterocycles. The van der Waals surface area contributed by atoms with Gasteiger partial charge in [-0.05, 0) is 56.6 Å². The Morgan fingerprint density at radius 2 is 1.59 bits per heavy atom. The van der Waals surface area contributed by atoms with E-state index in [1.165, 1.54) is 24.5 Å². The van der Waals surface area contributed by atoms with Crippen LogP contribution in [0.15, 0.2) is 54.6 Å². The molecule has 1 fully saturated rings. The molecule has 2 heterocycles. The smallest absolute Gasteiger partial charge is 0.414 e. The number of aliphatic carboxylic acids is 3. The maximum atomic E-state index is 10.8. The van der Waals surface area contributed by atoms with E-state index >= 15 is 0 Å². The molecule has 0 radical (unpaired) electrons. The molecule has 1 aliphatic rings. The fourth-order valence-electron chi connectivity index (χ4n) is 3.14. The van der Waals surface area contributed by atoms with E-state index in [-0.39, 0.29) is 0 Å². The standard InChI is InChI=1S/C22H24N2O2.C2H2O4/c1-17-7-9-18(10-8-17)20(13-16-24-14-2-3-15-24)21-6-4-5-19(23-21)11-12-22(25)26;3-1(4)2(5)6/h4-13H,2-3,14-16H2,1H3,(H,25,26);(H,3,4)(H,5,6)/b12-11+,20-13+;. The average Bonchev–Trinajstić information content (AvgIpc) is 3.28. The number of hydrogen-bond donors (Lipinski definition) is 3. The lowest BCUT2D eigenvalue weighted by Crippen LogP contribution is -2.19. The summed E-state index contributed by atoms with van der Waals surface area (Å²) in [5, 5.41) is 23.6. The van der Waals surface area contributed by atoms with Crippen molar-refractivity contribution in [3.8, 4) is 0 Å². The van der Waals surface area contributed by atoms with E-state index < -0.39 is 17.9 Å². The van der Waals surface area contributed by atoms with Crippen LogP contribution in [0.2, 0.25) is 0 Å². The Hall–Kier alpha value is -3.78. The highest BCUT2D eigenvalue weighted by Crippen LogP contribution is 2.23. The molecule has 8 nitrogen and oxygen atoms in total. The molecule has 0 spiro atoms. The third-order valence-corrected chi connectivity index (χ3v) is 4.74. The van der Waals surface area contributed by atoms with Crippen LogP contribution in [0.25, 0.3) is 11.6 Å². The van der Waals surface area contributed by atoms with Crippen molar-refractivity contribution in [3.05, 3.63) is 77.1 Å². The molecule has 0 saturated carbocycles. The number of hydrogen-bond acceptors (Lipinski definition) is 5. The SMILES string of the molecule is Cc1ccc(/C(=C\CN2CCCC2)c2cccc(/C=C/C(=O)O)n2)cc1.O=C(O)C(=O)O. The first kappa shape index (κ1) is 24.5. The molecule has 3 N–H and O–H groups in total. The number of pyridine rings is 1. The van der Waals surface area contributed by atoms with Crippen LogP contribution in [0.3, 0.4) is 0 Å². The van der Waals surface area contributed by atoms with Crippen molar-refractivity contribution >= 4 is 29.6 Å². The van der Waals surface area contributed by atoms with Crippen LogP contribution < -0.4 is 0 Å². The molecule has 1 aromatic heterocycles. The highest BCUT2D eigenvalue weighted by molar-refractivity contribution is 6.27. The highest BCUT2D eigenvalue weighted by atomic mass is 16.4. The van der Waals surface area contributed by atoms with Gasteiger partial charge in [0.2, 0.25) is 0 Å². The maximum absolute atomic E-state index is 10.8. The molecular formula is C24H26N2O6. The molecule has 1 aromatic carbocycles. The van der Waals surface area contributed by atoms with Crippen molar-refractivity contribution in [1.82, 2.24) is 9.88 Å². The normalized spacial score (nSPS) is 14.1. The molecule has 2 aromatic rings. The summed E-state index contributed by atoms with van der Waals surface area (Å²) in [6, 6.07) is 14.2. The number of benzene rings is 1. The summed E-state index contributed by atoms with van der Waals surface area (Å²) >= 11 is 0.